The molecule has 3 unspecified atom stereocenters. The van der Waals surface area contributed by atoms with Gasteiger partial charge in [0.05, 0.1) is 6.10 Å². The number of rotatable bonds is 1. The fourth-order valence-electron chi connectivity index (χ4n) is 3.31. The molecule has 0 spiro atoms. The molecule has 1 aliphatic carbocycles. The van der Waals surface area contributed by atoms with Gasteiger partial charge in [-0.3, -0.25) is 0 Å². The highest BCUT2D eigenvalue weighted by Gasteiger charge is 2.39. The maximum atomic E-state index is 12.1. The van der Waals surface area contributed by atoms with Crippen molar-refractivity contribution in [1.29, 1.82) is 0 Å². The summed E-state index contributed by atoms with van der Waals surface area (Å²) in [6, 6.07) is 0.366. The number of urea groups is 1. The Morgan fingerprint density at radius 3 is 2.53 bits per heavy atom. The van der Waals surface area contributed by atoms with E-state index in [0.717, 1.165) is 38.6 Å². The van der Waals surface area contributed by atoms with E-state index in [1.54, 1.807) is 19.0 Å². The lowest BCUT2D eigenvalue weighted by Crippen LogP contribution is -2.52. The number of amides is 2. The molecule has 1 saturated heterocycles. The molecule has 0 aromatic heterocycles. The number of aliphatic hydroxyl groups excluding tert-OH is 1. The molecule has 0 bridgehead atoms. The second kappa shape index (κ2) is 5.25. The fourth-order valence-corrected chi connectivity index (χ4v) is 3.31. The summed E-state index contributed by atoms with van der Waals surface area (Å²) in [6.07, 6.45) is 6.22. The van der Waals surface area contributed by atoms with E-state index in [1.165, 1.54) is 6.42 Å². The van der Waals surface area contributed by atoms with Gasteiger partial charge in [0.15, 0.2) is 0 Å². The van der Waals surface area contributed by atoms with Gasteiger partial charge in [0.25, 0.3) is 0 Å². The zero-order valence-electron chi connectivity index (χ0n) is 10.9. The maximum Gasteiger partial charge on any atom is 0.319 e. The highest BCUT2D eigenvalue weighted by Crippen LogP contribution is 2.35. The third-order valence-corrected chi connectivity index (χ3v) is 4.20. The van der Waals surface area contributed by atoms with Crippen LogP contribution in [0.3, 0.4) is 0 Å². The Labute approximate surface area is 104 Å². The van der Waals surface area contributed by atoms with E-state index >= 15 is 0 Å². The number of carbonyl (C=O) groups is 1. The Hall–Kier alpha value is -0.770. The van der Waals surface area contributed by atoms with E-state index in [-0.39, 0.29) is 18.2 Å². The normalized spacial score (nSPS) is 33.8. The number of aliphatic hydroxyl groups is 1. The van der Waals surface area contributed by atoms with E-state index in [2.05, 4.69) is 0 Å². The first-order chi connectivity index (χ1) is 8.11. The molecule has 0 radical (unpaired) electrons. The molecule has 1 saturated carbocycles. The summed E-state index contributed by atoms with van der Waals surface area (Å²) in [5.41, 5.74) is 0. The lowest BCUT2D eigenvalue weighted by molar-refractivity contribution is 0.0461. The van der Waals surface area contributed by atoms with Crippen molar-refractivity contribution in [3.8, 4) is 0 Å². The summed E-state index contributed by atoms with van der Waals surface area (Å²) in [7, 11) is 3.61. The third-order valence-electron chi connectivity index (χ3n) is 4.20. The molecule has 2 fully saturated rings. The Bertz CT molecular complexity index is 281. The second-order valence-electron chi connectivity index (χ2n) is 5.60. The summed E-state index contributed by atoms with van der Waals surface area (Å²) in [4.78, 5) is 15.8. The molecule has 98 valence electrons. The average molecular weight is 240 g/mol. The average Bonchev–Trinajstić information content (AvgIpc) is 2.74. The Morgan fingerprint density at radius 2 is 1.94 bits per heavy atom. The predicted molar refractivity (Wildman–Crippen MR) is 66.8 cm³/mol. The topological polar surface area (TPSA) is 43.8 Å². The molecule has 0 aromatic carbocycles. The first kappa shape index (κ1) is 12.7. The zero-order chi connectivity index (χ0) is 12.4. The van der Waals surface area contributed by atoms with Crippen LogP contribution in [-0.2, 0) is 0 Å². The minimum absolute atomic E-state index is 0.105. The highest BCUT2D eigenvalue weighted by molar-refractivity contribution is 5.74. The van der Waals surface area contributed by atoms with Gasteiger partial charge in [0, 0.05) is 32.6 Å². The molecule has 17 heavy (non-hydrogen) atoms. The summed E-state index contributed by atoms with van der Waals surface area (Å²) >= 11 is 0. The smallest absolute Gasteiger partial charge is 0.319 e. The molecule has 2 aliphatic rings. The van der Waals surface area contributed by atoms with Crippen LogP contribution in [0, 0.1) is 5.92 Å². The molecule has 1 aliphatic heterocycles. The Balaban J connectivity index is 2.09. The van der Waals surface area contributed by atoms with Gasteiger partial charge in [-0.1, -0.05) is 6.42 Å². The Kier molecular flexibility index (Phi) is 3.92. The third kappa shape index (κ3) is 2.57. The van der Waals surface area contributed by atoms with Crippen LogP contribution in [0.4, 0.5) is 4.79 Å². The summed E-state index contributed by atoms with van der Waals surface area (Å²) in [6.45, 7) is 0.852. The van der Waals surface area contributed by atoms with Gasteiger partial charge in [-0.05, 0) is 32.1 Å². The van der Waals surface area contributed by atoms with Crippen LogP contribution in [-0.4, -0.2) is 53.7 Å². The molecule has 4 heteroatoms. The van der Waals surface area contributed by atoms with E-state index in [9.17, 15) is 9.90 Å². The second-order valence-corrected chi connectivity index (χ2v) is 5.60. The van der Waals surface area contributed by atoms with Crippen molar-refractivity contribution < 1.29 is 9.90 Å². The van der Waals surface area contributed by atoms with Crippen molar-refractivity contribution in [3.63, 3.8) is 0 Å². The van der Waals surface area contributed by atoms with Gasteiger partial charge < -0.3 is 14.9 Å². The van der Waals surface area contributed by atoms with E-state index in [0.29, 0.717) is 5.92 Å². The molecule has 4 nitrogen and oxygen atoms in total. The van der Waals surface area contributed by atoms with E-state index < -0.39 is 0 Å². The van der Waals surface area contributed by atoms with Crippen LogP contribution in [0.5, 0.6) is 0 Å². The molecule has 2 amide bonds. The predicted octanol–water partition coefficient (Wildman–Crippen LogP) is 1.68. The maximum absolute atomic E-state index is 12.1. The zero-order valence-corrected chi connectivity index (χ0v) is 10.9. The van der Waals surface area contributed by atoms with Crippen LogP contribution in [0.15, 0.2) is 0 Å². The van der Waals surface area contributed by atoms with Crippen molar-refractivity contribution in [2.45, 2.75) is 50.7 Å². The molecule has 1 heterocycles. The van der Waals surface area contributed by atoms with E-state index in [1.807, 2.05) is 4.90 Å². The van der Waals surface area contributed by atoms with Crippen LogP contribution >= 0.6 is 0 Å². The van der Waals surface area contributed by atoms with Gasteiger partial charge in [0.2, 0.25) is 0 Å². The van der Waals surface area contributed by atoms with Crippen molar-refractivity contribution >= 4 is 6.03 Å². The monoisotopic (exact) mass is 240 g/mol. The number of hydrogen-bond acceptors (Lipinski definition) is 2. The number of piperidine rings is 1. The first-order valence-corrected chi connectivity index (χ1v) is 6.77. The standard InChI is InChI=1S/C13H24N2O2/c1-14(2)13(17)15-9-4-3-7-11(15)10-6-5-8-12(10)16/h10-12,16H,3-9H2,1-2H3. The Morgan fingerprint density at radius 1 is 1.18 bits per heavy atom. The van der Waals surface area contributed by atoms with Crippen LogP contribution in [0.25, 0.3) is 0 Å². The quantitative estimate of drug-likeness (QED) is 0.758. The fraction of sp³-hybridized carbons (Fsp3) is 0.923. The lowest BCUT2D eigenvalue weighted by atomic mass is 9.88. The largest absolute Gasteiger partial charge is 0.393 e. The summed E-state index contributed by atoms with van der Waals surface area (Å²) in [5.74, 6) is 0.305. The molecule has 0 aromatic rings. The lowest BCUT2D eigenvalue weighted by Gasteiger charge is -2.41. The number of hydrogen-bond donors (Lipinski definition) is 1. The van der Waals surface area contributed by atoms with Crippen molar-refractivity contribution in [2.75, 3.05) is 20.6 Å². The number of carbonyl (C=O) groups excluding carboxylic acids is 1. The SMILES string of the molecule is CN(C)C(=O)N1CCCCC1C1CCCC1O. The van der Waals surface area contributed by atoms with Crippen LogP contribution in [0.1, 0.15) is 38.5 Å². The molecule has 1 N–H and O–H groups in total. The van der Waals surface area contributed by atoms with Crippen molar-refractivity contribution in [2.24, 2.45) is 5.92 Å². The van der Waals surface area contributed by atoms with Gasteiger partial charge >= 0.3 is 6.03 Å². The molecular weight excluding hydrogens is 216 g/mol. The van der Waals surface area contributed by atoms with Crippen molar-refractivity contribution in [1.82, 2.24) is 9.80 Å². The first-order valence-electron chi connectivity index (χ1n) is 6.77. The van der Waals surface area contributed by atoms with E-state index in [4.69, 9.17) is 0 Å². The molecule has 2 rings (SSSR count). The van der Waals surface area contributed by atoms with Gasteiger partial charge in [-0.25, -0.2) is 4.79 Å². The minimum atomic E-state index is -0.199. The van der Waals surface area contributed by atoms with Gasteiger partial charge in [0.1, 0.15) is 0 Å². The minimum Gasteiger partial charge on any atom is -0.393 e. The van der Waals surface area contributed by atoms with Gasteiger partial charge in [-0.2, -0.15) is 0 Å². The highest BCUT2D eigenvalue weighted by atomic mass is 16.3. The van der Waals surface area contributed by atoms with Crippen LogP contribution in [0.2, 0.25) is 0 Å². The molecular formula is C13H24N2O2. The summed E-state index contributed by atoms with van der Waals surface area (Å²) < 4.78 is 0. The molecule has 3 atom stereocenters. The van der Waals surface area contributed by atoms with Gasteiger partial charge in [-0.15, -0.1) is 0 Å². The number of nitrogens with zero attached hydrogens (tertiary/aromatic N) is 2. The van der Waals surface area contributed by atoms with Crippen molar-refractivity contribution in [3.05, 3.63) is 0 Å². The van der Waals surface area contributed by atoms with Crippen LogP contribution < -0.4 is 0 Å². The number of likely N-dealkylation sites (tertiary alicyclic amines) is 1. The summed E-state index contributed by atoms with van der Waals surface area (Å²) in [5, 5.41) is 10.0.